The zero-order chi connectivity index (χ0) is 19.3. The SMILES string of the molecule is CC/C=C\N=C1CC=C(C2=CCc3ncc(CN4CCN(C)CC4)cc32)C=N1. The van der Waals surface area contributed by atoms with Crippen LogP contribution in [-0.4, -0.2) is 60.1 Å². The summed E-state index contributed by atoms with van der Waals surface area (Å²) in [5.41, 5.74) is 6.22. The lowest BCUT2D eigenvalue weighted by Crippen LogP contribution is -2.43. The summed E-state index contributed by atoms with van der Waals surface area (Å²) in [7, 11) is 2.20. The smallest absolute Gasteiger partial charge is 0.131 e. The summed E-state index contributed by atoms with van der Waals surface area (Å²) < 4.78 is 0. The van der Waals surface area contributed by atoms with Crippen LogP contribution in [0, 0.1) is 0 Å². The number of dihydropyridines is 1. The number of aliphatic imine (C=N–C) groups is 2. The predicted molar refractivity (Wildman–Crippen MR) is 117 cm³/mol. The van der Waals surface area contributed by atoms with Gasteiger partial charge < -0.3 is 4.90 Å². The van der Waals surface area contributed by atoms with Crippen LogP contribution < -0.4 is 0 Å². The molecular weight excluding hydrogens is 346 g/mol. The average molecular weight is 376 g/mol. The van der Waals surface area contributed by atoms with Gasteiger partial charge in [-0.05, 0) is 36.2 Å². The Morgan fingerprint density at radius 1 is 1.14 bits per heavy atom. The summed E-state index contributed by atoms with van der Waals surface area (Å²) in [6, 6.07) is 2.34. The van der Waals surface area contributed by atoms with E-state index < -0.39 is 0 Å². The molecule has 0 bridgehead atoms. The molecule has 3 aliphatic rings. The van der Waals surface area contributed by atoms with Crippen LogP contribution >= 0.6 is 0 Å². The molecule has 1 aromatic heterocycles. The van der Waals surface area contributed by atoms with Crippen LogP contribution in [0.2, 0.25) is 0 Å². The number of hydrogen-bond acceptors (Lipinski definition) is 4. The molecule has 0 unspecified atom stereocenters. The zero-order valence-corrected chi connectivity index (χ0v) is 16.9. The molecule has 28 heavy (non-hydrogen) atoms. The highest BCUT2D eigenvalue weighted by Crippen LogP contribution is 2.33. The Labute approximate surface area is 167 Å². The molecule has 1 saturated heterocycles. The second-order valence-electron chi connectivity index (χ2n) is 7.70. The maximum Gasteiger partial charge on any atom is 0.131 e. The summed E-state index contributed by atoms with van der Waals surface area (Å²) in [4.78, 5) is 18.6. The maximum atomic E-state index is 4.76. The van der Waals surface area contributed by atoms with Crippen LogP contribution in [0.4, 0.5) is 0 Å². The molecule has 0 radical (unpaired) electrons. The Morgan fingerprint density at radius 3 is 2.75 bits per heavy atom. The maximum absolute atomic E-state index is 4.76. The molecule has 1 aromatic rings. The lowest BCUT2D eigenvalue weighted by atomic mass is 9.98. The monoisotopic (exact) mass is 375 g/mol. The minimum absolute atomic E-state index is 0.779. The number of allylic oxidation sites excluding steroid dienone is 4. The summed E-state index contributed by atoms with van der Waals surface area (Å²) >= 11 is 0. The molecular formula is C23H29N5. The summed E-state index contributed by atoms with van der Waals surface area (Å²) in [6.07, 6.45) is 15.1. The van der Waals surface area contributed by atoms with Gasteiger partial charge in [-0.3, -0.25) is 9.88 Å². The number of amidine groups is 1. The summed E-state index contributed by atoms with van der Waals surface area (Å²) in [6.45, 7) is 7.63. The number of nitrogens with zero attached hydrogens (tertiary/aromatic N) is 5. The minimum atomic E-state index is 0.779. The van der Waals surface area contributed by atoms with E-state index in [1.165, 1.54) is 28.0 Å². The molecule has 5 nitrogen and oxygen atoms in total. The first-order chi connectivity index (χ1) is 13.7. The molecule has 2 aliphatic heterocycles. The Morgan fingerprint density at radius 2 is 2.00 bits per heavy atom. The number of hydrogen-bond donors (Lipinski definition) is 0. The third kappa shape index (κ3) is 4.37. The van der Waals surface area contributed by atoms with Crippen molar-refractivity contribution in [2.24, 2.45) is 9.98 Å². The fourth-order valence-corrected chi connectivity index (χ4v) is 3.83. The van der Waals surface area contributed by atoms with Crippen LogP contribution in [0.15, 0.2) is 52.2 Å². The van der Waals surface area contributed by atoms with Gasteiger partial charge in [0.1, 0.15) is 5.84 Å². The third-order valence-corrected chi connectivity index (χ3v) is 5.55. The highest BCUT2D eigenvalue weighted by atomic mass is 15.2. The fourth-order valence-electron chi connectivity index (χ4n) is 3.83. The van der Waals surface area contributed by atoms with E-state index in [1.807, 2.05) is 18.5 Å². The third-order valence-electron chi connectivity index (χ3n) is 5.55. The van der Waals surface area contributed by atoms with Gasteiger partial charge >= 0.3 is 0 Å². The van der Waals surface area contributed by atoms with E-state index in [9.17, 15) is 0 Å². The van der Waals surface area contributed by atoms with Crippen LogP contribution in [0.1, 0.15) is 36.6 Å². The van der Waals surface area contributed by atoms with Crippen LogP contribution in [0.3, 0.4) is 0 Å². The van der Waals surface area contributed by atoms with Crippen molar-refractivity contribution in [1.29, 1.82) is 0 Å². The normalized spacial score (nSPS) is 22.0. The zero-order valence-electron chi connectivity index (χ0n) is 16.9. The molecule has 1 fully saturated rings. The van der Waals surface area contributed by atoms with Gasteiger partial charge in [-0.25, -0.2) is 9.98 Å². The van der Waals surface area contributed by atoms with Crippen molar-refractivity contribution in [2.75, 3.05) is 33.2 Å². The quantitative estimate of drug-likeness (QED) is 0.791. The van der Waals surface area contributed by atoms with Gasteiger partial charge in [-0.1, -0.05) is 25.2 Å². The number of likely N-dealkylation sites (N-methyl/N-ethyl adjacent to an activating group) is 1. The lowest BCUT2D eigenvalue weighted by molar-refractivity contribution is 0.148. The van der Waals surface area contributed by atoms with Gasteiger partial charge in [0.2, 0.25) is 0 Å². The molecule has 4 rings (SSSR count). The van der Waals surface area contributed by atoms with Gasteiger partial charge in [-0.2, -0.15) is 0 Å². The van der Waals surface area contributed by atoms with Crippen LogP contribution in [0.5, 0.6) is 0 Å². The van der Waals surface area contributed by atoms with E-state index in [0.29, 0.717) is 0 Å². The molecule has 0 spiro atoms. The predicted octanol–water partition coefficient (Wildman–Crippen LogP) is 3.49. The Bertz CT molecular complexity index is 867. The number of aromatic nitrogens is 1. The van der Waals surface area contributed by atoms with Gasteiger partial charge in [0.05, 0.1) is 5.69 Å². The number of pyridine rings is 1. The van der Waals surface area contributed by atoms with Crippen molar-refractivity contribution in [3.05, 3.63) is 59.1 Å². The molecule has 0 aromatic carbocycles. The first kappa shape index (κ1) is 19.0. The highest BCUT2D eigenvalue weighted by Gasteiger charge is 2.21. The molecule has 0 atom stereocenters. The van der Waals surface area contributed by atoms with Crippen molar-refractivity contribution in [3.63, 3.8) is 0 Å². The number of piperazine rings is 1. The Kier molecular flexibility index (Phi) is 5.93. The van der Waals surface area contributed by atoms with E-state index in [-0.39, 0.29) is 0 Å². The van der Waals surface area contributed by atoms with E-state index in [1.54, 1.807) is 0 Å². The number of rotatable bonds is 5. The van der Waals surface area contributed by atoms with Gasteiger partial charge in [-0.15, -0.1) is 0 Å². The first-order valence-electron chi connectivity index (χ1n) is 10.3. The van der Waals surface area contributed by atoms with Crippen LogP contribution in [0.25, 0.3) is 5.57 Å². The van der Waals surface area contributed by atoms with Gasteiger partial charge in [0.15, 0.2) is 0 Å². The highest BCUT2D eigenvalue weighted by molar-refractivity contribution is 6.09. The molecule has 5 heteroatoms. The minimum Gasteiger partial charge on any atom is -0.304 e. The van der Waals surface area contributed by atoms with Crippen molar-refractivity contribution < 1.29 is 0 Å². The average Bonchev–Trinajstić information content (AvgIpc) is 3.14. The second kappa shape index (κ2) is 8.76. The molecule has 0 amide bonds. The van der Waals surface area contributed by atoms with E-state index >= 15 is 0 Å². The first-order valence-corrected chi connectivity index (χ1v) is 10.3. The number of fused-ring (bicyclic) bond motifs is 1. The molecule has 0 N–H and O–H groups in total. The van der Waals surface area contributed by atoms with Crippen LogP contribution in [-0.2, 0) is 13.0 Å². The molecule has 1 aliphatic carbocycles. The van der Waals surface area contributed by atoms with E-state index in [0.717, 1.165) is 57.8 Å². The lowest BCUT2D eigenvalue weighted by Gasteiger charge is -2.32. The Balaban J connectivity index is 1.46. The van der Waals surface area contributed by atoms with Crippen molar-refractivity contribution in [1.82, 2.24) is 14.8 Å². The van der Waals surface area contributed by atoms with E-state index in [4.69, 9.17) is 4.98 Å². The second-order valence-corrected chi connectivity index (χ2v) is 7.70. The van der Waals surface area contributed by atoms with Crippen molar-refractivity contribution >= 4 is 17.6 Å². The van der Waals surface area contributed by atoms with Crippen molar-refractivity contribution in [2.45, 2.75) is 32.7 Å². The molecule has 3 heterocycles. The van der Waals surface area contributed by atoms with Crippen molar-refractivity contribution in [3.8, 4) is 0 Å². The summed E-state index contributed by atoms with van der Waals surface area (Å²) in [5.74, 6) is 0.870. The molecule has 146 valence electrons. The fraction of sp³-hybridized carbons (Fsp3) is 0.435. The topological polar surface area (TPSA) is 44.1 Å². The Hall–Kier alpha value is -2.37. The van der Waals surface area contributed by atoms with Gasteiger partial charge in [0, 0.05) is 69.7 Å². The largest absolute Gasteiger partial charge is 0.304 e. The van der Waals surface area contributed by atoms with E-state index in [2.05, 4.69) is 58.2 Å². The van der Waals surface area contributed by atoms with Gasteiger partial charge in [0.25, 0.3) is 0 Å². The molecule has 0 saturated carbocycles. The standard InChI is InChI=1S/C23H29N5/c1-3-4-9-24-23-8-5-19(16-26-23)20-6-7-22-21(20)14-18(15-25-22)17-28-12-10-27(2)11-13-28/h4-6,9,14-16H,3,7-8,10-13,17H2,1-2H3/b9-4-,24-23?. The summed E-state index contributed by atoms with van der Waals surface area (Å²) in [5, 5.41) is 0.